The van der Waals surface area contributed by atoms with Crippen molar-refractivity contribution in [2.75, 3.05) is 13.7 Å². The lowest BCUT2D eigenvalue weighted by molar-refractivity contribution is 0.0516. The standard InChI is InChI=1S/C19H19N3O4/c1-3-25-19(23)17-18(26-16-7-5-4-6-8-16)22(21-20-17)13-14-9-11-15(24-2)12-10-14/h4-12H,3,13H2,1-2H3. The van der Waals surface area contributed by atoms with E-state index in [-0.39, 0.29) is 18.2 Å². The predicted molar refractivity (Wildman–Crippen MR) is 94.6 cm³/mol. The van der Waals surface area contributed by atoms with Gasteiger partial charge < -0.3 is 14.2 Å². The smallest absolute Gasteiger partial charge is 0.364 e. The summed E-state index contributed by atoms with van der Waals surface area (Å²) in [6, 6.07) is 16.7. The molecule has 0 spiro atoms. The average molecular weight is 353 g/mol. The van der Waals surface area contributed by atoms with E-state index in [4.69, 9.17) is 14.2 Å². The molecule has 0 radical (unpaired) electrons. The van der Waals surface area contributed by atoms with Gasteiger partial charge in [0, 0.05) is 0 Å². The monoisotopic (exact) mass is 353 g/mol. The maximum atomic E-state index is 12.2. The Labute approximate surface area is 151 Å². The van der Waals surface area contributed by atoms with Crippen LogP contribution in [0.1, 0.15) is 23.0 Å². The zero-order valence-electron chi connectivity index (χ0n) is 14.6. The first kappa shape index (κ1) is 17.5. The molecular weight excluding hydrogens is 334 g/mol. The van der Waals surface area contributed by atoms with E-state index in [0.29, 0.717) is 12.3 Å². The van der Waals surface area contributed by atoms with Gasteiger partial charge in [-0.05, 0) is 36.8 Å². The minimum atomic E-state index is -0.570. The Hall–Kier alpha value is -3.35. The summed E-state index contributed by atoms with van der Waals surface area (Å²) in [4.78, 5) is 12.2. The molecular formula is C19H19N3O4. The summed E-state index contributed by atoms with van der Waals surface area (Å²) in [5, 5.41) is 8.01. The van der Waals surface area contributed by atoms with Gasteiger partial charge in [0.1, 0.15) is 11.5 Å². The third-order valence-electron chi connectivity index (χ3n) is 3.61. The van der Waals surface area contributed by atoms with Crippen molar-refractivity contribution in [1.29, 1.82) is 0 Å². The van der Waals surface area contributed by atoms with E-state index >= 15 is 0 Å². The van der Waals surface area contributed by atoms with E-state index in [1.165, 1.54) is 4.68 Å². The molecule has 0 aliphatic heterocycles. The highest BCUT2D eigenvalue weighted by Crippen LogP contribution is 2.25. The summed E-state index contributed by atoms with van der Waals surface area (Å²) >= 11 is 0. The lowest BCUT2D eigenvalue weighted by atomic mass is 10.2. The normalized spacial score (nSPS) is 10.4. The summed E-state index contributed by atoms with van der Waals surface area (Å²) in [5.74, 6) is 1.02. The van der Waals surface area contributed by atoms with Gasteiger partial charge in [0.05, 0.1) is 20.3 Å². The fraction of sp³-hybridized carbons (Fsp3) is 0.211. The van der Waals surface area contributed by atoms with Gasteiger partial charge in [-0.1, -0.05) is 35.5 Å². The highest BCUT2D eigenvalue weighted by molar-refractivity contribution is 5.89. The van der Waals surface area contributed by atoms with E-state index < -0.39 is 5.97 Å². The van der Waals surface area contributed by atoms with E-state index in [1.807, 2.05) is 42.5 Å². The van der Waals surface area contributed by atoms with Gasteiger partial charge in [0.25, 0.3) is 5.88 Å². The molecule has 0 aliphatic carbocycles. The van der Waals surface area contributed by atoms with Crippen molar-refractivity contribution >= 4 is 5.97 Å². The Morgan fingerprint density at radius 3 is 2.42 bits per heavy atom. The first-order valence-corrected chi connectivity index (χ1v) is 8.17. The van der Waals surface area contributed by atoms with Crippen molar-refractivity contribution in [3.05, 3.63) is 65.9 Å². The second-order valence-corrected chi connectivity index (χ2v) is 5.38. The van der Waals surface area contributed by atoms with Crippen molar-refractivity contribution in [3.63, 3.8) is 0 Å². The Bertz CT molecular complexity index is 860. The number of hydrogen-bond acceptors (Lipinski definition) is 6. The maximum absolute atomic E-state index is 12.2. The maximum Gasteiger partial charge on any atom is 0.364 e. The molecule has 0 fully saturated rings. The van der Waals surface area contributed by atoms with Gasteiger partial charge in [0.15, 0.2) is 0 Å². The number of carbonyl (C=O) groups is 1. The van der Waals surface area contributed by atoms with E-state index in [2.05, 4.69) is 10.3 Å². The molecule has 1 heterocycles. The second kappa shape index (κ2) is 8.15. The molecule has 0 unspecified atom stereocenters. The van der Waals surface area contributed by atoms with Crippen molar-refractivity contribution in [2.24, 2.45) is 0 Å². The number of para-hydroxylation sites is 1. The first-order chi connectivity index (χ1) is 12.7. The highest BCUT2D eigenvalue weighted by Gasteiger charge is 2.23. The number of rotatable bonds is 7. The van der Waals surface area contributed by atoms with E-state index in [9.17, 15) is 4.79 Å². The predicted octanol–water partition coefficient (Wildman–Crippen LogP) is 3.30. The average Bonchev–Trinajstić information content (AvgIpc) is 3.06. The molecule has 0 N–H and O–H groups in total. The minimum absolute atomic E-state index is 0.0456. The molecule has 0 saturated heterocycles. The van der Waals surface area contributed by atoms with Crippen LogP contribution in [0.4, 0.5) is 0 Å². The molecule has 134 valence electrons. The fourth-order valence-electron chi connectivity index (χ4n) is 2.34. The van der Waals surface area contributed by atoms with Crippen LogP contribution in [-0.4, -0.2) is 34.7 Å². The van der Waals surface area contributed by atoms with Gasteiger partial charge in [-0.15, -0.1) is 5.10 Å². The number of nitrogens with zero attached hydrogens (tertiary/aromatic N) is 3. The van der Waals surface area contributed by atoms with Gasteiger partial charge in [-0.25, -0.2) is 9.48 Å². The molecule has 7 nitrogen and oxygen atoms in total. The van der Waals surface area contributed by atoms with Crippen LogP contribution < -0.4 is 9.47 Å². The lowest BCUT2D eigenvalue weighted by Gasteiger charge is -2.10. The summed E-state index contributed by atoms with van der Waals surface area (Å²) in [7, 11) is 1.61. The lowest BCUT2D eigenvalue weighted by Crippen LogP contribution is -2.09. The minimum Gasteiger partial charge on any atom is -0.497 e. The van der Waals surface area contributed by atoms with Crippen LogP contribution in [0.2, 0.25) is 0 Å². The van der Waals surface area contributed by atoms with Crippen LogP contribution in [-0.2, 0) is 11.3 Å². The summed E-state index contributed by atoms with van der Waals surface area (Å²) < 4.78 is 17.6. The van der Waals surface area contributed by atoms with Crippen LogP contribution in [0.5, 0.6) is 17.4 Å². The van der Waals surface area contributed by atoms with Gasteiger partial charge in [-0.2, -0.15) is 0 Å². The molecule has 26 heavy (non-hydrogen) atoms. The van der Waals surface area contributed by atoms with Gasteiger partial charge >= 0.3 is 5.97 Å². The summed E-state index contributed by atoms with van der Waals surface area (Å²) in [6.07, 6.45) is 0. The number of methoxy groups -OCH3 is 1. The van der Waals surface area contributed by atoms with Crippen molar-refractivity contribution in [3.8, 4) is 17.4 Å². The number of ether oxygens (including phenoxy) is 3. The van der Waals surface area contributed by atoms with Gasteiger partial charge in [-0.3, -0.25) is 0 Å². The quantitative estimate of drug-likeness (QED) is 0.607. The molecule has 0 bridgehead atoms. The molecule has 0 aliphatic rings. The first-order valence-electron chi connectivity index (χ1n) is 8.17. The summed E-state index contributed by atoms with van der Waals surface area (Å²) in [5.41, 5.74) is 1.01. The molecule has 3 rings (SSSR count). The molecule has 0 amide bonds. The van der Waals surface area contributed by atoms with Crippen LogP contribution in [0.25, 0.3) is 0 Å². The van der Waals surface area contributed by atoms with Crippen LogP contribution >= 0.6 is 0 Å². The number of esters is 1. The second-order valence-electron chi connectivity index (χ2n) is 5.38. The van der Waals surface area contributed by atoms with Crippen molar-refractivity contribution < 1.29 is 19.0 Å². The Kier molecular flexibility index (Phi) is 5.48. The SMILES string of the molecule is CCOC(=O)c1nnn(Cc2ccc(OC)cc2)c1Oc1ccccc1. The molecule has 7 heteroatoms. The largest absolute Gasteiger partial charge is 0.497 e. The third-order valence-corrected chi connectivity index (χ3v) is 3.61. The third kappa shape index (κ3) is 4.00. The number of benzene rings is 2. The molecule has 2 aromatic carbocycles. The molecule has 0 atom stereocenters. The van der Waals surface area contributed by atoms with Crippen LogP contribution in [0, 0.1) is 0 Å². The van der Waals surface area contributed by atoms with Crippen LogP contribution in [0.15, 0.2) is 54.6 Å². The number of carbonyl (C=O) groups excluding carboxylic acids is 1. The van der Waals surface area contributed by atoms with E-state index in [0.717, 1.165) is 11.3 Å². The van der Waals surface area contributed by atoms with Crippen LogP contribution in [0.3, 0.4) is 0 Å². The molecule has 0 saturated carbocycles. The fourth-order valence-corrected chi connectivity index (χ4v) is 2.34. The zero-order valence-corrected chi connectivity index (χ0v) is 14.6. The van der Waals surface area contributed by atoms with Crippen molar-refractivity contribution in [2.45, 2.75) is 13.5 Å². The van der Waals surface area contributed by atoms with Crippen molar-refractivity contribution in [1.82, 2.24) is 15.0 Å². The molecule has 3 aromatic rings. The zero-order chi connectivity index (χ0) is 18.4. The molecule has 1 aromatic heterocycles. The van der Waals surface area contributed by atoms with E-state index in [1.54, 1.807) is 26.2 Å². The number of hydrogen-bond donors (Lipinski definition) is 0. The van der Waals surface area contributed by atoms with Gasteiger partial charge in [0.2, 0.25) is 5.69 Å². The Balaban J connectivity index is 1.91. The topological polar surface area (TPSA) is 75.5 Å². The summed E-state index contributed by atoms with van der Waals surface area (Å²) in [6.45, 7) is 2.37. The number of aromatic nitrogens is 3. The highest BCUT2D eigenvalue weighted by atomic mass is 16.5. The Morgan fingerprint density at radius 2 is 1.77 bits per heavy atom. The Morgan fingerprint density at radius 1 is 1.04 bits per heavy atom.